The van der Waals surface area contributed by atoms with Gasteiger partial charge >= 0.3 is 6.18 Å². The number of alkyl halides is 3. The smallest absolute Gasteiger partial charge is 0.345 e. The van der Waals surface area contributed by atoms with Crippen LogP contribution in [0.15, 0.2) is 35.7 Å². The molecule has 0 aliphatic carbocycles. The first-order chi connectivity index (χ1) is 9.77. The second-order valence-electron chi connectivity index (χ2n) is 4.45. The predicted molar refractivity (Wildman–Crippen MR) is 84.4 cm³/mol. The molecule has 0 bridgehead atoms. The highest BCUT2D eigenvalue weighted by atomic mass is 127. The fourth-order valence-electron chi connectivity index (χ4n) is 1.75. The van der Waals surface area contributed by atoms with E-state index in [9.17, 15) is 18.0 Å². The average molecular weight is 425 g/mol. The van der Waals surface area contributed by atoms with E-state index in [2.05, 4.69) is 27.9 Å². The molecule has 112 valence electrons. The van der Waals surface area contributed by atoms with Gasteiger partial charge in [0.2, 0.25) is 0 Å². The summed E-state index contributed by atoms with van der Waals surface area (Å²) in [5.41, 5.74) is 0.488. The minimum absolute atomic E-state index is 0.235. The van der Waals surface area contributed by atoms with Crippen LogP contribution in [-0.2, 0) is 6.18 Å². The zero-order chi connectivity index (χ0) is 15.6. The lowest BCUT2D eigenvalue weighted by atomic mass is 10.1. The van der Waals surface area contributed by atoms with E-state index in [4.69, 9.17) is 0 Å². The molecule has 1 amide bonds. The zero-order valence-electron chi connectivity index (χ0n) is 10.9. The second-order valence-corrected chi connectivity index (χ2v) is 7.26. The topological polar surface area (TPSA) is 29.1 Å². The van der Waals surface area contributed by atoms with Crippen molar-refractivity contribution in [1.29, 1.82) is 0 Å². The number of carbonyl (C=O) groups excluding carboxylic acids is 1. The molecule has 0 aliphatic heterocycles. The molecular weight excluding hydrogens is 414 g/mol. The largest absolute Gasteiger partial charge is 0.416 e. The Kier molecular flexibility index (Phi) is 4.92. The van der Waals surface area contributed by atoms with E-state index in [0.717, 1.165) is 15.0 Å². The molecule has 1 aromatic carbocycles. The zero-order valence-corrected chi connectivity index (χ0v) is 13.8. The number of rotatable bonds is 3. The summed E-state index contributed by atoms with van der Waals surface area (Å²) >= 11 is 3.58. The summed E-state index contributed by atoms with van der Waals surface area (Å²) in [6.07, 6.45) is -4.35. The van der Waals surface area contributed by atoms with Crippen LogP contribution in [0.4, 0.5) is 13.2 Å². The van der Waals surface area contributed by atoms with Crippen molar-refractivity contribution in [3.8, 4) is 0 Å². The lowest BCUT2D eigenvalue weighted by molar-refractivity contribution is -0.137. The van der Waals surface area contributed by atoms with E-state index < -0.39 is 11.7 Å². The lowest BCUT2D eigenvalue weighted by Gasteiger charge is -2.15. The summed E-state index contributed by atoms with van der Waals surface area (Å²) in [6, 6.07) is 6.20. The maximum atomic E-state index is 12.5. The normalized spacial score (nSPS) is 13.0. The van der Waals surface area contributed by atoms with Crippen molar-refractivity contribution in [2.24, 2.45) is 0 Å². The van der Waals surface area contributed by atoms with Crippen LogP contribution in [0.5, 0.6) is 0 Å². The van der Waals surface area contributed by atoms with Gasteiger partial charge in [-0.3, -0.25) is 4.79 Å². The van der Waals surface area contributed by atoms with Gasteiger partial charge in [0.05, 0.1) is 20.1 Å². The first-order valence-electron chi connectivity index (χ1n) is 5.99. The molecule has 1 aromatic heterocycles. The maximum Gasteiger partial charge on any atom is 0.416 e. The fourth-order valence-corrected chi connectivity index (χ4v) is 3.08. The van der Waals surface area contributed by atoms with Crippen molar-refractivity contribution in [3.63, 3.8) is 0 Å². The first-order valence-corrected chi connectivity index (χ1v) is 7.95. The molecule has 1 N–H and O–H groups in total. The van der Waals surface area contributed by atoms with E-state index in [1.54, 1.807) is 18.4 Å². The molecule has 1 atom stereocenters. The molecule has 0 radical (unpaired) electrons. The summed E-state index contributed by atoms with van der Waals surface area (Å²) in [5.74, 6) is -0.235. The first kappa shape index (κ1) is 16.3. The van der Waals surface area contributed by atoms with Gasteiger partial charge < -0.3 is 5.32 Å². The van der Waals surface area contributed by atoms with E-state index in [0.29, 0.717) is 11.1 Å². The molecule has 2 rings (SSSR count). The van der Waals surface area contributed by atoms with Crippen molar-refractivity contribution in [2.45, 2.75) is 19.1 Å². The van der Waals surface area contributed by atoms with Gasteiger partial charge in [0.15, 0.2) is 0 Å². The summed E-state index contributed by atoms with van der Waals surface area (Å²) in [7, 11) is 0. The monoisotopic (exact) mass is 425 g/mol. The summed E-state index contributed by atoms with van der Waals surface area (Å²) in [5, 5.41) is 4.51. The van der Waals surface area contributed by atoms with Crippen LogP contribution in [-0.4, -0.2) is 5.91 Å². The molecule has 2 aromatic rings. The molecule has 0 saturated carbocycles. The molecule has 2 nitrogen and oxygen atoms in total. The SMILES string of the molecule is CC(NC(=O)c1csc(I)c1)c1ccc(C(F)(F)F)cc1. The molecule has 0 aliphatic rings. The van der Waals surface area contributed by atoms with Crippen LogP contribution >= 0.6 is 33.9 Å². The van der Waals surface area contributed by atoms with Crippen LogP contribution in [0.2, 0.25) is 0 Å². The third-order valence-electron chi connectivity index (χ3n) is 2.92. The van der Waals surface area contributed by atoms with Crippen molar-refractivity contribution in [2.75, 3.05) is 0 Å². The number of hydrogen-bond donors (Lipinski definition) is 1. The van der Waals surface area contributed by atoms with E-state index in [1.165, 1.54) is 23.5 Å². The van der Waals surface area contributed by atoms with E-state index >= 15 is 0 Å². The Labute approximate surface area is 137 Å². The molecule has 1 unspecified atom stereocenters. The Hall–Kier alpha value is -1.09. The summed E-state index contributed by atoms with van der Waals surface area (Å²) < 4.78 is 38.5. The van der Waals surface area contributed by atoms with Gasteiger partial charge in [-0.15, -0.1) is 11.3 Å². The Bertz CT molecular complexity index is 636. The highest BCUT2D eigenvalue weighted by Crippen LogP contribution is 2.30. The molecule has 21 heavy (non-hydrogen) atoms. The number of amides is 1. The molecule has 7 heteroatoms. The third-order valence-corrected chi connectivity index (χ3v) is 4.70. The summed E-state index contributed by atoms with van der Waals surface area (Å²) in [4.78, 5) is 12.0. The van der Waals surface area contributed by atoms with Gasteiger partial charge in [-0.2, -0.15) is 13.2 Å². The Morgan fingerprint density at radius 2 is 1.90 bits per heavy atom. The van der Waals surface area contributed by atoms with Crippen LogP contribution in [0, 0.1) is 2.88 Å². The lowest BCUT2D eigenvalue weighted by Crippen LogP contribution is -2.26. The van der Waals surface area contributed by atoms with Gasteiger partial charge in [-0.25, -0.2) is 0 Å². The quantitative estimate of drug-likeness (QED) is 0.700. The van der Waals surface area contributed by atoms with Gasteiger partial charge in [0, 0.05) is 5.38 Å². The van der Waals surface area contributed by atoms with Crippen LogP contribution in [0.3, 0.4) is 0 Å². The third kappa shape index (κ3) is 4.19. The number of carbonyl (C=O) groups is 1. The standard InChI is InChI=1S/C14H11F3INOS/c1-8(19-13(20)10-6-12(18)21-7-10)9-2-4-11(5-3-9)14(15,16)17/h2-8H,1H3,(H,19,20). The Morgan fingerprint density at radius 3 is 2.38 bits per heavy atom. The second kappa shape index (κ2) is 6.35. The van der Waals surface area contributed by atoms with Gasteiger partial charge in [-0.1, -0.05) is 12.1 Å². The van der Waals surface area contributed by atoms with Gasteiger partial charge in [-0.05, 0) is 53.3 Å². The van der Waals surface area contributed by atoms with E-state index in [1.807, 2.05) is 0 Å². The Morgan fingerprint density at radius 1 is 1.29 bits per heavy atom. The maximum absolute atomic E-state index is 12.5. The number of halogens is 4. The predicted octanol–water partition coefficient (Wildman–Crippen LogP) is 4.86. The molecule has 0 spiro atoms. The average Bonchev–Trinajstić information content (AvgIpc) is 2.84. The highest BCUT2D eigenvalue weighted by Gasteiger charge is 2.30. The van der Waals surface area contributed by atoms with Crippen molar-refractivity contribution < 1.29 is 18.0 Å². The van der Waals surface area contributed by atoms with Crippen LogP contribution in [0.1, 0.15) is 34.5 Å². The van der Waals surface area contributed by atoms with Crippen LogP contribution in [0.25, 0.3) is 0 Å². The van der Waals surface area contributed by atoms with Crippen molar-refractivity contribution in [3.05, 3.63) is 55.3 Å². The molecule has 0 saturated heterocycles. The molecule has 0 fully saturated rings. The van der Waals surface area contributed by atoms with E-state index in [-0.39, 0.29) is 11.9 Å². The number of thiophene rings is 1. The van der Waals surface area contributed by atoms with Gasteiger partial charge in [0.1, 0.15) is 0 Å². The van der Waals surface area contributed by atoms with Crippen molar-refractivity contribution >= 4 is 39.8 Å². The minimum atomic E-state index is -4.35. The number of hydrogen-bond acceptors (Lipinski definition) is 2. The molecule has 1 heterocycles. The highest BCUT2D eigenvalue weighted by molar-refractivity contribution is 14.1. The van der Waals surface area contributed by atoms with Crippen molar-refractivity contribution in [1.82, 2.24) is 5.32 Å². The number of benzene rings is 1. The van der Waals surface area contributed by atoms with Crippen LogP contribution < -0.4 is 5.32 Å². The van der Waals surface area contributed by atoms with Gasteiger partial charge in [0.25, 0.3) is 5.91 Å². The summed E-state index contributed by atoms with van der Waals surface area (Å²) in [6.45, 7) is 1.73. The fraction of sp³-hybridized carbons (Fsp3) is 0.214. The minimum Gasteiger partial charge on any atom is -0.345 e. The number of nitrogens with one attached hydrogen (secondary N) is 1. The molecular formula is C14H11F3INOS. The Balaban J connectivity index is 2.06.